The summed E-state index contributed by atoms with van der Waals surface area (Å²) in [4.78, 5) is 11.4. The molecule has 1 N–H and O–H groups in total. The Morgan fingerprint density at radius 3 is 2.58 bits per heavy atom. The molecule has 0 spiro atoms. The number of nitrogens with one attached hydrogen (secondary N) is 1. The largest absolute Gasteiger partial charge is 0.370 e. The molecule has 4 nitrogen and oxygen atoms in total. The van der Waals surface area contributed by atoms with Gasteiger partial charge in [-0.25, -0.2) is 9.97 Å². The number of hydrogen-bond donors (Lipinski definition) is 1. The number of aromatic nitrogens is 2. The molecule has 0 aromatic carbocycles. The number of anilines is 2. The molecule has 19 heavy (non-hydrogen) atoms. The SMILES string of the molecule is CCCNc1cc(N2CCC(C)(C)CC2)nc(C)n1. The van der Waals surface area contributed by atoms with Gasteiger partial charge in [0, 0.05) is 25.7 Å². The molecule has 4 heteroatoms. The minimum absolute atomic E-state index is 0.474. The van der Waals surface area contributed by atoms with E-state index in [2.05, 4.69) is 47.0 Å². The fourth-order valence-electron chi connectivity index (χ4n) is 2.40. The van der Waals surface area contributed by atoms with Crippen LogP contribution in [0.3, 0.4) is 0 Å². The summed E-state index contributed by atoms with van der Waals surface area (Å²) >= 11 is 0. The van der Waals surface area contributed by atoms with Gasteiger partial charge in [-0.15, -0.1) is 0 Å². The zero-order chi connectivity index (χ0) is 13.9. The molecule has 0 amide bonds. The van der Waals surface area contributed by atoms with E-state index in [1.807, 2.05) is 6.92 Å². The standard InChI is InChI=1S/C15H26N4/c1-5-8-16-13-11-14(18-12(2)17-13)19-9-6-15(3,4)7-10-19/h11H,5-10H2,1-4H3,(H,16,17,18). The van der Waals surface area contributed by atoms with E-state index in [1.165, 1.54) is 12.8 Å². The van der Waals surface area contributed by atoms with Gasteiger partial charge in [-0.1, -0.05) is 20.8 Å². The Balaban J connectivity index is 2.09. The zero-order valence-corrected chi connectivity index (χ0v) is 12.7. The molecule has 0 radical (unpaired) electrons. The topological polar surface area (TPSA) is 41.0 Å². The van der Waals surface area contributed by atoms with Crippen LogP contribution in [0.1, 0.15) is 45.9 Å². The second-order valence-electron chi connectivity index (χ2n) is 6.24. The highest BCUT2D eigenvalue weighted by Gasteiger charge is 2.26. The fraction of sp³-hybridized carbons (Fsp3) is 0.733. The van der Waals surface area contributed by atoms with Gasteiger partial charge in [0.05, 0.1) is 0 Å². The quantitative estimate of drug-likeness (QED) is 0.904. The zero-order valence-electron chi connectivity index (χ0n) is 12.7. The van der Waals surface area contributed by atoms with Gasteiger partial charge in [0.2, 0.25) is 0 Å². The van der Waals surface area contributed by atoms with Crippen LogP contribution in [0, 0.1) is 12.3 Å². The average molecular weight is 262 g/mol. The summed E-state index contributed by atoms with van der Waals surface area (Å²) < 4.78 is 0. The highest BCUT2D eigenvalue weighted by Crippen LogP contribution is 2.31. The normalized spacial score (nSPS) is 18.4. The van der Waals surface area contributed by atoms with Crippen LogP contribution in [0.5, 0.6) is 0 Å². The van der Waals surface area contributed by atoms with E-state index in [0.717, 1.165) is 43.5 Å². The molecule has 0 unspecified atom stereocenters. The van der Waals surface area contributed by atoms with Gasteiger partial charge in [-0.05, 0) is 31.6 Å². The monoisotopic (exact) mass is 262 g/mol. The third-order valence-corrected chi connectivity index (χ3v) is 3.82. The minimum atomic E-state index is 0.474. The number of aryl methyl sites for hydroxylation is 1. The van der Waals surface area contributed by atoms with E-state index < -0.39 is 0 Å². The Morgan fingerprint density at radius 2 is 1.95 bits per heavy atom. The first-order valence-corrected chi connectivity index (χ1v) is 7.35. The molecular weight excluding hydrogens is 236 g/mol. The summed E-state index contributed by atoms with van der Waals surface area (Å²) in [6.45, 7) is 12.0. The van der Waals surface area contributed by atoms with Gasteiger partial charge >= 0.3 is 0 Å². The first-order chi connectivity index (χ1) is 9.00. The Hall–Kier alpha value is -1.32. The van der Waals surface area contributed by atoms with Crippen molar-refractivity contribution in [1.82, 2.24) is 9.97 Å². The van der Waals surface area contributed by atoms with Gasteiger partial charge in [-0.2, -0.15) is 0 Å². The highest BCUT2D eigenvalue weighted by molar-refractivity contribution is 5.49. The summed E-state index contributed by atoms with van der Waals surface area (Å²) in [7, 11) is 0. The van der Waals surface area contributed by atoms with Crippen LogP contribution in [0.2, 0.25) is 0 Å². The third kappa shape index (κ3) is 3.82. The number of hydrogen-bond acceptors (Lipinski definition) is 4. The lowest BCUT2D eigenvalue weighted by atomic mass is 9.83. The van der Waals surface area contributed by atoms with Crippen molar-refractivity contribution in [2.75, 3.05) is 29.9 Å². The van der Waals surface area contributed by atoms with Crippen molar-refractivity contribution in [3.05, 3.63) is 11.9 Å². The van der Waals surface area contributed by atoms with Crippen LogP contribution in [-0.2, 0) is 0 Å². The molecule has 2 heterocycles. The van der Waals surface area contributed by atoms with Crippen molar-refractivity contribution in [2.45, 2.75) is 47.0 Å². The maximum Gasteiger partial charge on any atom is 0.134 e. The lowest BCUT2D eigenvalue weighted by Crippen LogP contribution is -2.37. The van der Waals surface area contributed by atoms with Crippen LogP contribution in [0.4, 0.5) is 11.6 Å². The second kappa shape index (κ2) is 5.76. The van der Waals surface area contributed by atoms with Crippen molar-refractivity contribution >= 4 is 11.6 Å². The summed E-state index contributed by atoms with van der Waals surface area (Å²) in [6, 6.07) is 2.08. The molecule has 2 rings (SSSR count). The Morgan fingerprint density at radius 1 is 1.26 bits per heavy atom. The predicted octanol–water partition coefficient (Wildman–Crippen LogP) is 3.23. The Labute approximate surface area is 116 Å². The maximum atomic E-state index is 4.59. The van der Waals surface area contributed by atoms with Crippen molar-refractivity contribution in [3.63, 3.8) is 0 Å². The summed E-state index contributed by atoms with van der Waals surface area (Å²) in [5, 5.41) is 3.35. The van der Waals surface area contributed by atoms with E-state index >= 15 is 0 Å². The smallest absolute Gasteiger partial charge is 0.134 e. The van der Waals surface area contributed by atoms with Crippen LogP contribution < -0.4 is 10.2 Å². The Bertz CT molecular complexity index is 418. The molecule has 0 saturated carbocycles. The van der Waals surface area contributed by atoms with Crippen LogP contribution in [-0.4, -0.2) is 29.6 Å². The van der Waals surface area contributed by atoms with Gasteiger partial charge in [-0.3, -0.25) is 0 Å². The van der Waals surface area contributed by atoms with Gasteiger partial charge < -0.3 is 10.2 Å². The molecular formula is C15H26N4. The molecule has 1 aromatic rings. The molecule has 0 aliphatic carbocycles. The van der Waals surface area contributed by atoms with E-state index in [1.54, 1.807) is 0 Å². The first-order valence-electron chi connectivity index (χ1n) is 7.35. The van der Waals surface area contributed by atoms with E-state index in [-0.39, 0.29) is 0 Å². The summed E-state index contributed by atoms with van der Waals surface area (Å²) in [5.41, 5.74) is 0.474. The molecule has 1 fully saturated rings. The van der Waals surface area contributed by atoms with Crippen molar-refractivity contribution in [2.24, 2.45) is 5.41 Å². The molecule has 1 aliphatic rings. The van der Waals surface area contributed by atoms with Crippen LogP contribution in [0.25, 0.3) is 0 Å². The van der Waals surface area contributed by atoms with Crippen molar-refractivity contribution < 1.29 is 0 Å². The molecule has 1 aliphatic heterocycles. The van der Waals surface area contributed by atoms with Crippen molar-refractivity contribution in [1.29, 1.82) is 0 Å². The van der Waals surface area contributed by atoms with Gasteiger partial charge in [0.25, 0.3) is 0 Å². The molecule has 1 saturated heterocycles. The first kappa shape index (κ1) is 14.1. The third-order valence-electron chi connectivity index (χ3n) is 3.82. The van der Waals surface area contributed by atoms with Gasteiger partial charge in [0.1, 0.15) is 17.5 Å². The van der Waals surface area contributed by atoms with Crippen LogP contribution >= 0.6 is 0 Å². The molecule has 0 atom stereocenters. The van der Waals surface area contributed by atoms with E-state index in [0.29, 0.717) is 5.41 Å². The minimum Gasteiger partial charge on any atom is -0.370 e. The maximum absolute atomic E-state index is 4.59. The molecule has 0 bridgehead atoms. The highest BCUT2D eigenvalue weighted by atomic mass is 15.2. The fourth-order valence-corrected chi connectivity index (χ4v) is 2.40. The van der Waals surface area contributed by atoms with E-state index in [4.69, 9.17) is 0 Å². The Kier molecular flexibility index (Phi) is 4.27. The second-order valence-corrected chi connectivity index (χ2v) is 6.24. The van der Waals surface area contributed by atoms with E-state index in [9.17, 15) is 0 Å². The number of rotatable bonds is 4. The number of piperidine rings is 1. The molecule has 1 aromatic heterocycles. The lowest BCUT2D eigenvalue weighted by molar-refractivity contribution is 0.279. The van der Waals surface area contributed by atoms with Gasteiger partial charge in [0.15, 0.2) is 0 Å². The summed E-state index contributed by atoms with van der Waals surface area (Å²) in [5.74, 6) is 2.87. The predicted molar refractivity (Wildman–Crippen MR) is 80.8 cm³/mol. The van der Waals surface area contributed by atoms with Crippen molar-refractivity contribution in [3.8, 4) is 0 Å². The summed E-state index contributed by atoms with van der Waals surface area (Å²) in [6.07, 6.45) is 3.57. The average Bonchev–Trinajstić information content (AvgIpc) is 2.35. The van der Waals surface area contributed by atoms with Crippen LogP contribution in [0.15, 0.2) is 6.07 Å². The molecule has 106 valence electrons. The number of nitrogens with zero attached hydrogens (tertiary/aromatic N) is 3. The lowest BCUT2D eigenvalue weighted by Gasteiger charge is -2.37.